The van der Waals surface area contributed by atoms with Crippen LogP contribution in [-0.4, -0.2) is 7.11 Å². The van der Waals surface area contributed by atoms with E-state index in [-0.39, 0.29) is 6.10 Å². The van der Waals surface area contributed by atoms with Crippen molar-refractivity contribution >= 4 is 0 Å². The van der Waals surface area contributed by atoms with Gasteiger partial charge in [-0.2, -0.15) is 0 Å². The van der Waals surface area contributed by atoms with Crippen molar-refractivity contribution in [1.82, 2.24) is 0 Å². The van der Waals surface area contributed by atoms with Crippen LogP contribution in [0.3, 0.4) is 0 Å². The summed E-state index contributed by atoms with van der Waals surface area (Å²) in [5.74, 6) is 0.855. The molecule has 0 bridgehead atoms. The average molecular weight is 268 g/mol. The summed E-state index contributed by atoms with van der Waals surface area (Å²) in [6.07, 6.45) is 1.75. The molecule has 2 aromatic carbocycles. The van der Waals surface area contributed by atoms with Crippen molar-refractivity contribution in [3.8, 4) is 5.75 Å². The molecule has 0 amide bonds. The summed E-state index contributed by atoms with van der Waals surface area (Å²) in [7, 11) is 1.66. The highest BCUT2D eigenvalue weighted by Crippen LogP contribution is 2.23. The number of methoxy groups -OCH3 is 1. The molecule has 2 rings (SSSR count). The molecule has 0 spiro atoms. The van der Waals surface area contributed by atoms with Crippen LogP contribution in [-0.2, 0) is 11.3 Å². The number of benzene rings is 2. The maximum atomic E-state index is 5.96. The molecule has 0 aliphatic rings. The van der Waals surface area contributed by atoms with Crippen LogP contribution < -0.4 is 4.74 Å². The topological polar surface area (TPSA) is 18.5 Å². The van der Waals surface area contributed by atoms with Crippen molar-refractivity contribution in [1.29, 1.82) is 0 Å². The summed E-state index contributed by atoms with van der Waals surface area (Å²) in [6, 6.07) is 16.1. The Bertz CT molecular complexity index is 558. The third kappa shape index (κ3) is 3.49. The van der Waals surface area contributed by atoms with E-state index in [2.05, 4.69) is 25.6 Å². The Balaban J connectivity index is 2.04. The average Bonchev–Trinajstić information content (AvgIpc) is 2.50. The zero-order chi connectivity index (χ0) is 14.4. The predicted octanol–water partition coefficient (Wildman–Crippen LogP) is 4.45. The monoisotopic (exact) mass is 268 g/mol. The van der Waals surface area contributed by atoms with E-state index < -0.39 is 0 Å². The van der Waals surface area contributed by atoms with Gasteiger partial charge in [0.15, 0.2) is 0 Å². The fraction of sp³-hybridized carbons (Fsp3) is 0.222. The summed E-state index contributed by atoms with van der Waals surface area (Å²) in [4.78, 5) is 0. The fourth-order valence-electron chi connectivity index (χ4n) is 2.10. The molecule has 0 heterocycles. The minimum atomic E-state index is -0.0849. The van der Waals surface area contributed by atoms with Gasteiger partial charge < -0.3 is 9.47 Å². The van der Waals surface area contributed by atoms with Gasteiger partial charge in [0.1, 0.15) is 11.9 Å². The molecule has 0 fully saturated rings. The first-order chi connectivity index (χ1) is 9.74. The largest absolute Gasteiger partial charge is 0.497 e. The Morgan fingerprint density at radius 2 is 1.80 bits per heavy atom. The van der Waals surface area contributed by atoms with Gasteiger partial charge in [0.25, 0.3) is 0 Å². The number of rotatable bonds is 6. The maximum absolute atomic E-state index is 5.96. The molecule has 0 aromatic heterocycles. The van der Waals surface area contributed by atoms with E-state index in [0.717, 1.165) is 16.9 Å². The molecule has 2 aromatic rings. The Labute approximate surface area is 120 Å². The Kier molecular flexibility index (Phi) is 4.97. The summed E-state index contributed by atoms with van der Waals surface area (Å²) >= 11 is 0. The van der Waals surface area contributed by atoms with Crippen LogP contribution in [0.4, 0.5) is 0 Å². The summed E-state index contributed by atoms with van der Waals surface area (Å²) in [6.45, 7) is 6.51. The first-order valence-corrected chi connectivity index (χ1v) is 6.67. The number of ether oxygens (including phenoxy) is 2. The minimum Gasteiger partial charge on any atom is -0.497 e. The van der Waals surface area contributed by atoms with Crippen molar-refractivity contribution in [2.75, 3.05) is 7.11 Å². The van der Waals surface area contributed by atoms with Gasteiger partial charge in [0, 0.05) is 0 Å². The van der Waals surface area contributed by atoms with Crippen LogP contribution in [0.1, 0.15) is 22.8 Å². The lowest BCUT2D eigenvalue weighted by atomic mass is 10.0. The molecular formula is C18H20O2. The van der Waals surface area contributed by atoms with Gasteiger partial charge in [-0.3, -0.25) is 0 Å². The maximum Gasteiger partial charge on any atom is 0.118 e. The second-order valence-corrected chi connectivity index (χ2v) is 4.67. The molecular weight excluding hydrogens is 248 g/mol. The lowest BCUT2D eigenvalue weighted by Gasteiger charge is -2.16. The van der Waals surface area contributed by atoms with E-state index in [1.165, 1.54) is 5.56 Å². The molecule has 1 unspecified atom stereocenters. The van der Waals surface area contributed by atoms with Gasteiger partial charge in [0.2, 0.25) is 0 Å². The molecule has 2 heteroatoms. The molecule has 2 nitrogen and oxygen atoms in total. The second-order valence-electron chi connectivity index (χ2n) is 4.67. The number of aryl methyl sites for hydroxylation is 1. The Morgan fingerprint density at radius 3 is 2.40 bits per heavy atom. The standard InChI is InChI=1S/C18H20O2/c1-4-18(17-8-6-5-7-14(17)2)20-13-15-9-11-16(19-3)12-10-15/h4-12,18H,1,13H2,2-3H3. The predicted molar refractivity (Wildman–Crippen MR) is 81.9 cm³/mol. The van der Waals surface area contributed by atoms with E-state index in [1.54, 1.807) is 7.11 Å². The molecule has 0 N–H and O–H groups in total. The summed E-state index contributed by atoms with van der Waals surface area (Å²) in [5.41, 5.74) is 3.49. The molecule has 1 atom stereocenters. The van der Waals surface area contributed by atoms with Gasteiger partial charge in [-0.15, -0.1) is 6.58 Å². The highest BCUT2D eigenvalue weighted by atomic mass is 16.5. The zero-order valence-electron chi connectivity index (χ0n) is 12.0. The first-order valence-electron chi connectivity index (χ1n) is 6.67. The second kappa shape index (κ2) is 6.92. The smallest absolute Gasteiger partial charge is 0.118 e. The molecule has 0 saturated heterocycles. The van der Waals surface area contributed by atoms with Crippen LogP contribution in [0.2, 0.25) is 0 Å². The third-order valence-electron chi connectivity index (χ3n) is 3.30. The highest BCUT2D eigenvalue weighted by Gasteiger charge is 2.10. The Morgan fingerprint density at radius 1 is 1.10 bits per heavy atom. The fourth-order valence-corrected chi connectivity index (χ4v) is 2.10. The zero-order valence-corrected chi connectivity index (χ0v) is 12.0. The summed E-state index contributed by atoms with van der Waals surface area (Å²) in [5, 5.41) is 0. The molecule has 0 aliphatic carbocycles. The van der Waals surface area contributed by atoms with Gasteiger partial charge in [0.05, 0.1) is 13.7 Å². The van der Waals surface area contributed by atoms with E-state index >= 15 is 0 Å². The lowest BCUT2D eigenvalue weighted by Crippen LogP contribution is -2.03. The Hall–Kier alpha value is -2.06. The number of hydrogen-bond acceptors (Lipinski definition) is 2. The van der Waals surface area contributed by atoms with Gasteiger partial charge in [-0.25, -0.2) is 0 Å². The van der Waals surface area contributed by atoms with E-state index in [1.807, 2.05) is 42.5 Å². The molecule has 0 saturated carbocycles. The molecule has 0 aliphatic heterocycles. The highest BCUT2D eigenvalue weighted by molar-refractivity contribution is 5.30. The van der Waals surface area contributed by atoms with Gasteiger partial charge in [-0.05, 0) is 35.7 Å². The van der Waals surface area contributed by atoms with Gasteiger partial charge >= 0.3 is 0 Å². The van der Waals surface area contributed by atoms with Crippen molar-refractivity contribution in [2.24, 2.45) is 0 Å². The van der Waals surface area contributed by atoms with Crippen molar-refractivity contribution < 1.29 is 9.47 Å². The van der Waals surface area contributed by atoms with Crippen LogP contribution in [0, 0.1) is 6.92 Å². The number of hydrogen-bond donors (Lipinski definition) is 0. The van der Waals surface area contributed by atoms with Crippen molar-refractivity contribution in [2.45, 2.75) is 19.6 Å². The first kappa shape index (κ1) is 14.4. The van der Waals surface area contributed by atoms with Crippen molar-refractivity contribution in [3.63, 3.8) is 0 Å². The van der Waals surface area contributed by atoms with E-state index in [9.17, 15) is 0 Å². The quantitative estimate of drug-likeness (QED) is 0.721. The van der Waals surface area contributed by atoms with E-state index in [0.29, 0.717) is 6.61 Å². The molecule has 104 valence electrons. The lowest BCUT2D eigenvalue weighted by molar-refractivity contribution is 0.0716. The van der Waals surface area contributed by atoms with Gasteiger partial charge in [-0.1, -0.05) is 42.5 Å². The van der Waals surface area contributed by atoms with Crippen molar-refractivity contribution in [3.05, 3.63) is 77.9 Å². The summed E-state index contributed by atoms with van der Waals surface area (Å²) < 4.78 is 11.1. The normalized spacial score (nSPS) is 11.9. The minimum absolute atomic E-state index is 0.0849. The van der Waals surface area contributed by atoms with E-state index in [4.69, 9.17) is 9.47 Å². The van der Waals surface area contributed by atoms with Crippen LogP contribution in [0.15, 0.2) is 61.2 Å². The third-order valence-corrected chi connectivity index (χ3v) is 3.30. The molecule has 0 radical (unpaired) electrons. The van der Waals surface area contributed by atoms with Crippen LogP contribution >= 0.6 is 0 Å². The SMILES string of the molecule is C=CC(OCc1ccc(OC)cc1)c1ccccc1C. The van der Waals surface area contributed by atoms with Crippen LogP contribution in [0.25, 0.3) is 0 Å². The van der Waals surface area contributed by atoms with Crippen LogP contribution in [0.5, 0.6) is 5.75 Å². The molecule has 20 heavy (non-hydrogen) atoms.